The Labute approximate surface area is 95.0 Å². The number of nitrogens with zero attached hydrogens (tertiary/aromatic N) is 1. The average Bonchev–Trinajstić information content (AvgIpc) is 2.53. The van der Waals surface area contributed by atoms with Crippen molar-refractivity contribution >= 4 is 33.9 Å². The molecule has 0 fully saturated rings. The molecule has 0 aliphatic rings. The molecule has 0 radical (unpaired) electrons. The molecule has 0 atom stereocenters. The van der Waals surface area contributed by atoms with Gasteiger partial charge in [-0.2, -0.15) is 0 Å². The zero-order valence-electron chi connectivity index (χ0n) is 7.12. The van der Waals surface area contributed by atoms with Crippen LogP contribution in [0.5, 0.6) is 0 Å². The molecule has 1 heterocycles. The Bertz CT molecular complexity index is 405. The maximum atomic E-state index is 4.33. The van der Waals surface area contributed by atoms with E-state index in [9.17, 15) is 0 Å². The van der Waals surface area contributed by atoms with Crippen molar-refractivity contribution in [1.82, 2.24) is 4.98 Å². The van der Waals surface area contributed by atoms with Gasteiger partial charge in [-0.1, -0.05) is 29.8 Å². The first kappa shape index (κ1) is 9.15. The van der Waals surface area contributed by atoms with E-state index >= 15 is 0 Å². The highest BCUT2D eigenvalue weighted by atomic mass is 127. The molecule has 0 N–H and O–H groups in total. The van der Waals surface area contributed by atoms with Crippen LogP contribution in [0.1, 0.15) is 5.56 Å². The summed E-state index contributed by atoms with van der Waals surface area (Å²) >= 11 is 4.01. The fourth-order valence-corrected chi connectivity index (χ4v) is 2.50. The Balaban J connectivity index is 2.41. The van der Waals surface area contributed by atoms with E-state index in [1.807, 2.05) is 6.20 Å². The third-order valence-corrected chi connectivity index (χ3v) is 3.55. The average molecular weight is 301 g/mol. The Hall–Kier alpha value is -0.420. The van der Waals surface area contributed by atoms with Crippen LogP contribution in [0, 0.1) is 9.81 Å². The zero-order chi connectivity index (χ0) is 9.26. The summed E-state index contributed by atoms with van der Waals surface area (Å²) in [5.74, 6) is 0. The molecule has 1 aromatic carbocycles. The quantitative estimate of drug-likeness (QED) is 0.732. The van der Waals surface area contributed by atoms with Crippen molar-refractivity contribution in [2.75, 3.05) is 0 Å². The lowest BCUT2D eigenvalue weighted by atomic mass is 10.2. The molecule has 66 valence electrons. The van der Waals surface area contributed by atoms with Crippen molar-refractivity contribution in [3.8, 4) is 10.6 Å². The second kappa shape index (κ2) is 3.75. The number of benzene rings is 1. The van der Waals surface area contributed by atoms with Crippen molar-refractivity contribution < 1.29 is 0 Å². The molecule has 1 aromatic heterocycles. The van der Waals surface area contributed by atoms with Gasteiger partial charge in [-0.25, -0.2) is 4.98 Å². The number of aryl methyl sites for hydroxylation is 1. The first-order chi connectivity index (χ1) is 6.25. The van der Waals surface area contributed by atoms with E-state index in [1.54, 1.807) is 11.3 Å². The van der Waals surface area contributed by atoms with Crippen LogP contribution in [0.15, 0.2) is 30.5 Å². The molecule has 0 amide bonds. The van der Waals surface area contributed by atoms with Gasteiger partial charge in [-0.05, 0) is 29.5 Å². The van der Waals surface area contributed by atoms with E-state index in [-0.39, 0.29) is 0 Å². The van der Waals surface area contributed by atoms with Crippen LogP contribution in [0.25, 0.3) is 10.6 Å². The van der Waals surface area contributed by atoms with Crippen LogP contribution in [0.3, 0.4) is 0 Å². The summed E-state index contributed by atoms with van der Waals surface area (Å²) < 4.78 is 1.23. The summed E-state index contributed by atoms with van der Waals surface area (Å²) in [5, 5.41) is 1.10. The molecule has 3 heteroatoms. The molecule has 2 rings (SSSR count). The molecular formula is C10H8INS. The highest BCUT2D eigenvalue weighted by molar-refractivity contribution is 14.1. The molecule has 0 saturated heterocycles. The molecule has 0 saturated carbocycles. The third-order valence-electron chi connectivity index (χ3n) is 1.78. The Morgan fingerprint density at radius 3 is 2.46 bits per heavy atom. The minimum absolute atomic E-state index is 1.10. The van der Waals surface area contributed by atoms with E-state index in [0.29, 0.717) is 0 Å². The SMILES string of the molecule is Cc1ccc(-c2ncc(I)s2)cc1. The molecule has 1 nitrogen and oxygen atoms in total. The monoisotopic (exact) mass is 301 g/mol. The number of hydrogen-bond donors (Lipinski definition) is 0. The van der Waals surface area contributed by atoms with Crippen molar-refractivity contribution in [1.29, 1.82) is 0 Å². The minimum atomic E-state index is 1.10. The van der Waals surface area contributed by atoms with Crippen LogP contribution < -0.4 is 0 Å². The third kappa shape index (κ3) is 2.08. The van der Waals surface area contributed by atoms with Crippen molar-refractivity contribution in [2.45, 2.75) is 6.92 Å². The fourth-order valence-electron chi connectivity index (χ4n) is 1.08. The summed E-state index contributed by atoms with van der Waals surface area (Å²) in [4.78, 5) is 4.33. The van der Waals surface area contributed by atoms with Gasteiger partial charge in [0, 0.05) is 5.56 Å². The maximum Gasteiger partial charge on any atom is 0.124 e. The zero-order valence-corrected chi connectivity index (χ0v) is 10.1. The van der Waals surface area contributed by atoms with Crippen LogP contribution in [0.4, 0.5) is 0 Å². The van der Waals surface area contributed by atoms with Crippen LogP contribution in [-0.2, 0) is 0 Å². The number of rotatable bonds is 1. The van der Waals surface area contributed by atoms with Gasteiger partial charge in [0.25, 0.3) is 0 Å². The van der Waals surface area contributed by atoms with Gasteiger partial charge in [-0.3, -0.25) is 0 Å². The van der Waals surface area contributed by atoms with Crippen molar-refractivity contribution in [3.05, 3.63) is 38.9 Å². The standard InChI is InChI=1S/C10H8INS/c1-7-2-4-8(5-3-7)10-12-6-9(11)13-10/h2-6H,1H3. The van der Waals surface area contributed by atoms with Crippen molar-refractivity contribution in [2.24, 2.45) is 0 Å². The second-order valence-electron chi connectivity index (χ2n) is 2.84. The van der Waals surface area contributed by atoms with Crippen LogP contribution in [0.2, 0.25) is 0 Å². The lowest BCUT2D eigenvalue weighted by molar-refractivity contribution is 1.39. The van der Waals surface area contributed by atoms with E-state index in [1.165, 1.54) is 14.0 Å². The summed E-state index contributed by atoms with van der Waals surface area (Å²) in [6.07, 6.45) is 1.90. The first-order valence-corrected chi connectivity index (χ1v) is 5.83. The molecule has 2 aromatic rings. The van der Waals surface area contributed by atoms with E-state index in [2.05, 4.69) is 58.8 Å². The van der Waals surface area contributed by atoms with Gasteiger partial charge in [0.15, 0.2) is 0 Å². The molecule has 0 aliphatic carbocycles. The molecule has 0 spiro atoms. The second-order valence-corrected chi connectivity index (χ2v) is 5.76. The number of hydrogen-bond acceptors (Lipinski definition) is 2. The number of aromatic nitrogens is 1. The predicted molar refractivity (Wildman–Crippen MR) is 65.0 cm³/mol. The molecule has 0 aliphatic heterocycles. The number of thiazole rings is 1. The summed E-state index contributed by atoms with van der Waals surface area (Å²) in [6.45, 7) is 2.09. The summed E-state index contributed by atoms with van der Waals surface area (Å²) in [5.41, 5.74) is 2.49. The van der Waals surface area contributed by atoms with Gasteiger partial charge in [0.2, 0.25) is 0 Å². The largest absolute Gasteiger partial charge is 0.243 e. The Morgan fingerprint density at radius 2 is 1.92 bits per heavy atom. The Kier molecular flexibility index (Phi) is 2.64. The summed E-state index contributed by atoms with van der Waals surface area (Å²) in [6, 6.07) is 8.46. The fraction of sp³-hybridized carbons (Fsp3) is 0.100. The van der Waals surface area contributed by atoms with Crippen LogP contribution in [-0.4, -0.2) is 4.98 Å². The van der Waals surface area contributed by atoms with Crippen LogP contribution >= 0.6 is 33.9 Å². The van der Waals surface area contributed by atoms with Gasteiger partial charge < -0.3 is 0 Å². The van der Waals surface area contributed by atoms with Gasteiger partial charge in [0.1, 0.15) is 5.01 Å². The Morgan fingerprint density at radius 1 is 1.23 bits per heavy atom. The number of halogens is 1. The predicted octanol–water partition coefficient (Wildman–Crippen LogP) is 3.72. The van der Waals surface area contributed by atoms with Gasteiger partial charge in [-0.15, -0.1) is 11.3 Å². The van der Waals surface area contributed by atoms with E-state index in [4.69, 9.17) is 0 Å². The molecule has 0 bridgehead atoms. The molecule has 0 unspecified atom stereocenters. The topological polar surface area (TPSA) is 12.9 Å². The first-order valence-electron chi connectivity index (χ1n) is 3.94. The highest BCUT2D eigenvalue weighted by Gasteiger charge is 2.01. The smallest absolute Gasteiger partial charge is 0.124 e. The normalized spacial score (nSPS) is 10.3. The van der Waals surface area contributed by atoms with Gasteiger partial charge >= 0.3 is 0 Å². The van der Waals surface area contributed by atoms with E-state index < -0.39 is 0 Å². The highest BCUT2D eigenvalue weighted by Crippen LogP contribution is 2.25. The van der Waals surface area contributed by atoms with Gasteiger partial charge in [0.05, 0.1) is 9.08 Å². The summed E-state index contributed by atoms with van der Waals surface area (Å²) in [7, 11) is 0. The van der Waals surface area contributed by atoms with E-state index in [0.717, 1.165) is 5.01 Å². The van der Waals surface area contributed by atoms with Crippen molar-refractivity contribution in [3.63, 3.8) is 0 Å². The molecule has 13 heavy (non-hydrogen) atoms. The minimum Gasteiger partial charge on any atom is -0.243 e. The maximum absolute atomic E-state index is 4.33. The lowest BCUT2D eigenvalue weighted by Gasteiger charge is -1.95. The molecular weight excluding hydrogens is 293 g/mol. The lowest BCUT2D eigenvalue weighted by Crippen LogP contribution is -1.75.